The quantitative estimate of drug-likeness (QED) is 0.783. The number of anilines is 1. The van der Waals surface area contributed by atoms with E-state index in [0.29, 0.717) is 11.5 Å². The van der Waals surface area contributed by atoms with Crippen molar-refractivity contribution in [2.24, 2.45) is 0 Å². The van der Waals surface area contributed by atoms with Crippen LogP contribution in [-0.4, -0.2) is 20.7 Å². The molecule has 0 aliphatic carbocycles. The minimum atomic E-state index is -0.199. The summed E-state index contributed by atoms with van der Waals surface area (Å²) in [6, 6.07) is 17.0. The van der Waals surface area contributed by atoms with Gasteiger partial charge in [-0.1, -0.05) is 18.2 Å². The summed E-state index contributed by atoms with van der Waals surface area (Å²) in [5.41, 5.74) is 2.43. The number of para-hydroxylation sites is 1. The number of carbonyl (C=O) groups excluding carboxylic acids is 1. The number of nitrogens with one attached hydrogen (secondary N) is 1. The molecule has 2 heterocycles. The summed E-state index contributed by atoms with van der Waals surface area (Å²) in [5.74, 6) is 0.241. The smallest absolute Gasteiger partial charge is 0.231 e. The molecule has 0 bridgehead atoms. The summed E-state index contributed by atoms with van der Waals surface area (Å²) in [6.45, 7) is 0. The van der Waals surface area contributed by atoms with Gasteiger partial charge in [0.15, 0.2) is 0 Å². The third-order valence-electron chi connectivity index (χ3n) is 3.38. The van der Waals surface area contributed by atoms with Gasteiger partial charge in [0, 0.05) is 12.4 Å². The van der Waals surface area contributed by atoms with Gasteiger partial charge in [0.2, 0.25) is 5.91 Å². The van der Waals surface area contributed by atoms with E-state index >= 15 is 0 Å². The van der Waals surface area contributed by atoms with Gasteiger partial charge in [-0.25, -0.2) is 9.67 Å². The minimum absolute atomic E-state index is 0.157. The van der Waals surface area contributed by atoms with Crippen molar-refractivity contribution in [2.45, 2.75) is 12.8 Å². The molecule has 6 heteroatoms. The van der Waals surface area contributed by atoms with Crippen LogP contribution in [0.25, 0.3) is 5.69 Å². The molecule has 0 spiro atoms. The van der Waals surface area contributed by atoms with Gasteiger partial charge in [0.25, 0.3) is 0 Å². The van der Waals surface area contributed by atoms with Crippen LogP contribution in [-0.2, 0) is 17.6 Å². The number of amides is 1. The molecule has 1 aromatic carbocycles. The molecule has 3 rings (SSSR count). The first-order valence-electron chi connectivity index (χ1n) is 7.46. The van der Waals surface area contributed by atoms with Gasteiger partial charge in [0.1, 0.15) is 5.82 Å². The van der Waals surface area contributed by atoms with Crippen molar-refractivity contribution in [3.8, 4) is 11.8 Å². The maximum Gasteiger partial charge on any atom is 0.231 e. The molecule has 118 valence electrons. The number of benzene rings is 1. The number of nitrogens with zero attached hydrogens (tertiary/aromatic N) is 4. The van der Waals surface area contributed by atoms with Crippen LogP contribution in [0.2, 0.25) is 0 Å². The second-order valence-corrected chi connectivity index (χ2v) is 5.20. The zero-order chi connectivity index (χ0) is 16.8. The lowest BCUT2D eigenvalue weighted by molar-refractivity contribution is -0.115. The first-order chi connectivity index (χ1) is 11.7. The van der Waals surface area contributed by atoms with Gasteiger partial charge in [-0.3, -0.25) is 4.79 Å². The highest BCUT2D eigenvalue weighted by Gasteiger charge is 2.08. The first kappa shape index (κ1) is 15.4. The number of nitriles is 1. The zero-order valence-electron chi connectivity index (χ0n) is 12.9. The van der Waals surface area contributed by atoms with E-state index < -0.39 is 0 Å². The molecule has 3 aromatic rings. The predicted molar refractivity (Wildman–Crippen MR) is 89.5 cm³/mol. The van der Waals surface area contributed by atoms with E-state index in [-0.39, 0.29) is 18.7 Å². The minimum Gasteiger partial charge on any atom is -0.310 e. The Kier molecular flexibility index (Phi) is 4.63. The fraction of sp³-hybridized carbons (Fsp3) is 0.111. The Bertz CT molecular complexity index is 880. The van der Waals surface area contributed by atoms with Crippen molar-refractivity contribution in [3.05, 3.63) is 72.2 Å². The topological polar surface area (TPSA) is 83.6 Å². The average molecular weight is 317 g/mol. The second-order valence-electron chi connectivity index (χ2n) is 5.20. The maximum atomic E-state index is 12.1. The van der Waals surface area contributed by atoms with Crippen molar-refractivity contribution in [2.75, 3.05) is 5.32 Å². The Morgan fingerprint density at radius 2 is 2.04 bits per heavy atom. The molecule has 0 fully saturated rings. The largest absolute Gasteiger partial charge is 0.310 e. The molecule has 0 aliphatic heterocycles. The molecule has 0 saturated carbocycles. The van der Waals surface area contributed by atoms with Crippen LogP contribution in [0, 0.1) is 11.3 Å². The Balaban J connectivity index is 1.64. The van der Waals surface area contributed by atoms with Crippen molar-refractivity contribution < 1.29 is 4.79 Å². The number of hydrogen-bond acceptors (Lipinski definition) is 4. The third-order valence-corrected chi connectivity index (χ3v) is 3.38. The van der Waals surface area contributed by atoms with E-state index in [2.05, 4.69) is 21.5 Å². The molecule has 1 N–H and O–H groups in total. The molecular formula is C18H15N5O. The SMILES string of the molecule is N#CCc1ccnc(NC(=O)Cc2ccn(-c3ccccc3)n2)c1. The van der Waals surface area contributed by atoms with Crippen LogP contribution in [0.3, 0.4) is 0 Å². The van der Waals surface area contributed by atoms with Crippen LogP contribution in [0.5, 0.6) is 0 Å². The molecule has 0 unspecified atom stereocenters. The fourth-order valence-electron chi connectivity index (χ4n) is 2.28. The number of pyridine rings is 1. The molecule has 0 saturated heterocycles. The zero-order valence-corrected chi connectivity index (χ0v) is 12.9. The van der Waals surface area contributed by atoms with Crippen molar-refractivity contribution in [1.29, 1.82) is 5.26 Å². The Morgan fingerprint density at radius 1 is 1.21 bits per heavy atom. The van der Waals surface area contributed by atoms with Gasteiger partial charge < -0.3 is 5.32 Å². The number of rotatable bonds is 5. The lowest BCUT2D eigenvalue weighted by atomic mass is 10.2. The van der Waals surface area contributed by atoms with Gasteiger partial charge in [-0.2, -0.15) is 10.4 Å². The highest BCUT2D eigenvalue weighted by molar-refractivity contribution is 5.91. The van der Waals surface area contributed by atoms with E-state index in [9.17, 15) is 4.79 Å². The molecule has 1 amide bonds. The highest BCUT2D eigenvalue weighted by atomic mass is 16.1. The molecule has 2 aromatic heterocycles. The molecule has 0 aliphatic rings. The standard InChI is InChI=1S/C18H15N5O/c19-9-6-14-7-10-20-17(12-14)21-18(24)13-15-8-11-23(22-15)16-4-2-1-3-5-16/h1-5,7-8,10-12H,6,13H2,(H,20,21,24). The van der Waals surface area contributed by atoms with Crippen LogP contribution >= 0.6 is 0 Å². The summed E-state index contributed by atoms with van der Waals surface area (Å²) in [4.78, 5) is 16.2. The van der Waals surface area contributed by atoms with Crippen molar-refractivity contribution in [3.63, 3.8) is 0 Å². The normalized spacial score (nSPS) is 10.1. The number of carbonyl (C=O) groups is 1. The van der Waals surface area contributed by atoms with E-state index in [1.54, 1.807) is 23.0 Å². The third kappa shape index (κ3) is 3.84. The lowest BCUT2D eigenvalue weighted by Gasteiger charge is -2.04. The summed E-state index contributed by atoms with van der Waals surface area (Å²) >= 11 is 0. The van der Waals surface area contributed by atoms with Gasteiger partial charge in [-0.15, -0.1) is 0 Å². The van der Waals surface area contributed by atoms with Gasteiger partial charge in [0.05, 0.1) is 30.3 Å². The number of hydrogen-bond donors (Lipinski definition) is 1. The van der Waals surface area contributed by atoms with Gasteiger partial charge >= 0.3 is 0 Å². The van der Waals surface area contributed by atoms with Crippen LogP contribution in [0.1, 0.15) is 11.3 Å². The second kappa shape index (κ2) is 7.20. The van der Waals surface area contributed by atoms with Crippen molar-refractivity contribution in [1.82, 2.24) is 14.8 Å². The van der Waals surface area contributed by atoms with Crippen LogP contribution in [0.4, 0.5) is 5.82 Å². The van der Waals surface area contributed by atoms with Crippen LogP contribution in [0.15, 0.2) is 60.9 Å². The predicted octanol–water partition coefficient (Wildman–Crippen LogP) is 2.51. The Morgan fingerprint density at radius 3 is 2.83 bits per heavy atom. The number of aromatic nitrogens is 3. The molecule has 6 nitrogen and oxygen atoms in total. The molecule has 0 radical (unpaired) electrons. The van der Waals surface area contributed by atoms with E-state index in [0.717, 1.165) is 11.3 Å². The average Bonchev–Trinajstić information content (AvgIpc) is 3.04. The van der Waals surface area contributed by atoms with Crippen LogP contribution < -0.4 is 5.32 Å². The Hall–Kier alpha value is -3.46. The summed E-state index contributed by atoms with van der Waals surface area (Å²) in [7, 11) is 0. The summed E-state index contributed by atoms with van der Waals surface area (Å²) < 4.78 is 1.73. The molecular weight excluding hydrogens is 302 g/mol. The van der Waals surface area contributed by atoms with Gasteiger partial charge in [-0.05, 0) is 35.9 Å². The summed E-state index contributed by atoms with van der Waals surface area (Å²) in [6.07, 6.45) is 3.84. The van der Waals surface area contributed by atoms with E-state index in [1.165, 1.54) is 0 Å². The maximum absolute atomic E-state index is 12.1. The Labute approximate surface area is 139 Å². The van der Waals surface area contributed by atoms with E-state index in [1.807, 2.05) is 42.6 Å². The molecule has 24 heavy (non-hydrogen) atoms. The van der Waals surface area contributed by atoms with Crippen molar-refractivity contribution >= 4 is 11.7 Å². The lowest BCUT2D eigenvalue weighted by Crippen LogP contribution is -2.16. The van der Waals surface area contributed by atoms with E-state index in [4.69, 9.17) is 5.26 Å². The highest BCUT2D eigenvalue weighted by Crippen LogP contribution is 2.10. The first-order valence-corrected chi connectivity index (χ1v) is 7.46. The summed E-state index contributed by atoms with van der Waals surface area (Å²) in [5, 5.41) is 15.8. The monoisotopic (exact) mass is 317 g/mol. The fourth-order valence-corrected chi connectivity index (χ4v) is 2.28. The molecule has 0 atom stereocenters.